The predicted molar refractivity (Wildman–Crippen MR) is 106 cm³/mol. The lowest BCUT2D eigenvalue weighted by atomic mass is 9.67. The maximum absolute atomic E-state index is 12.9. The molecule has 2 aromatic rings. The molecule has 2 saturated heterocycles. The molecule has 2 fully saturated rings. The third-order valence-corrected chi connectivity index (χ3v) is 6.07. The van der Waals surface area contributed by atoms with E-state index in [4.69, 9.17) is 4.74 Å². The Morgan fingerprint density at radius 3 is 2.66 bits per heavy atom. The van der Waals surface area contributed by atoms with Crippen LogP contribution >= 0.6 is 0 Å². The first kappa shape index (κ1) is 18.1. The van der Waals surface area contributed by atoms with Crippen LogP contribution in [0.3, 0.4) is 0 Å². The predicted octanol–water partition coefficient (Wildman–Crippen LogP) is 2.40. The molecular formula is C21H23N5O3. The summed E-state index contributed by atoms with van der Waals surface area (Å²) in [5, 5.41) is 6.48. The summed E-state index contributed by atoms with van der Waals surface area (Å²) in [6, 6.07) is 5.57. The first-order chi connectivity index (χ1) is 14.1. The molecule has 0 bridgehead atoms. The van der Waals surface area contributed by atoms with Gasteiger partial charge in [0.2, 0.25) is 5.91 Å². The van der Waals surface area contributed by atoms with Gasteiger partial charge >= 0.3 is 6.03 Å². The normalized spacial score (nSPS) is 24.1. The molecule has 29 heavy (non-hydrogen) atoms. The van der Waals surface area contributed by atoms with Crippen molar-refractivity contribution in [1.82, 2.24) is 20.2 Å². The van der Waals surface area contributed by atoms with Crippen molar-refractivity contribution in [1.29, 1.82) is 0 Å². The monoisotopic (exact) mass is 393 g/mol. The summed E-state index contributed by atoms with van der Waals surface area (Å²) in [5.74, 6) is 0.615. The van der Waals surface area contributed by atoms with Gasteiger partial charge in [-0.1, -0.05) is 12.1 Å². The number of nitrogens with zero attached hydrogens (tertiary/aromatic N) is 3. The number of hydrogen-bond acceptors (Lipinski definition) is 6. The molecule has 3 aliphatic rings. The van der Waals surface area contributed by atoms with Gasteiger partial charge < -0.3 is 15.4 Å². The quantitative estimate of drug-likeness (QED) is 0.831. The highest BCUT2D eigenvalue weighted by Crippen LogP contribution is 2.47. The van der Waals surface area contributed by atoms with E-state index in [0.29, 0.717) is 44.7 Å². The van der Waals surface area contributed by atoms with Crippen LogP contribution in [0, 0.1) is 6.92 Å². The molecule has 2 N–H and O–H groups in total. The smallest absolute Gasteiger partial charge is 0.325 e. The SMILES string of the molecule is Cc1ncc(Nc2cccc3c2C[C@]32CC(=O)N(C3CCOCC3)C(=O)N2)cn1. The van der Waals surface area contributed by atoms with Crippen molar-refractivity contribution >= 4 is 23.3 Å². The van der Waals surface area contributed by atoms with Crippen molar-refractivity contribution in [2.24, 2.45) is 0 Å². The molecule has 5 rings (SSSR count). The number of anilines is 2. The summed E-state index contributed by atoms with van der Waals surface area (Å²) >= 11 is 0. The van der Waals surface area contributed by atoms with Gasteiger partial charge in [0.15, 0.2) is 0 Å². The minimum absolute atomic E-state index is 0.0670. The Hall–Kier alpha value is -3.00. The van der Waals surface area contributed by atoms with Gasteiger partial charge in [-0.3, -0.25) is 9.69 Å². The second-order valence-electron chi connectivity index (χ2n) is 7.95. The number of carbonyl (C=O) groups excluding carboxylic acids is 2. The van der Waals surface area contributed by atoms with Gasteiger partial charge in [-0.25, -0.2) is 14.8 Å². The van der Waals surface area contributed by atoms with Crippen LogP contribution in [0.5, 0.6) is 0 Å². The summed E-state index contributed by atoms with van der Waals surface area (Å²) in [5.41, 5.74) is 3.27. The zero-order chi connectivity index (χ0) is 20.0. The number of aryl methyl sites for hydroxylation is 1. The van der Waals surface area contributed by atoms with E-state index in [-0.39, 0.29) is 18.0 Å². The minimum atomic E-state index is -0.605. The van der Waals surface area contributed by atoms with Crippen LogP contribution in [0.25, 0.3) is 0 Å². The first-order valence-corrected chi connectivity index (χ1v) is 9.96. The number of urea groups is 1. The second-order valence-corrected chi connectivity index (χ2v) is 7.95. The van der Waals surface area contributed by atoms with Crippen molar-refractivity contribution in [2.45, 2.75) is 44.2 Å². The summed E-state index contributed by atoms with van der Waals surface area (Å²) in [4.78, 5) is 35.6. The standard InChI is InChI=1S/C21H23N5O3/c1-13-22-11-14(12-23-13)24-18-4-2-3-17-16(18)9-21(17)10-19(27)26(20(28)25-21)15-5-7-29-8-6-15/h2-4,11-12,15,24H,5-10H2,1H3,(H,25,28)/t21-/m0/s1. The summed E-state index contributed by atoms with van der Waals surface area (Å²) < 4.78 is 5.36. The topological polar surface area (TPSA) is 96.5 Å². The highest BCUT2D eigenvalue weighted by Gasteiger charge is 2.52. The Labute approximate surface area is 168 Å². The molecule has 0 radical (unpaired) electrons. The maximum atomic E-state index is 12.9. The van der Waals surface area contributed by atoms with Crippen molar-refractivity contribution < 1.29 is 14.3 Å². The van der Waals surface area contributed by atoms with Crippen LogP contribution < -0.4 is 10.6 Å². The van der Waals surface area contributed by atoms with Crippen LogP contribution in [0.2, 0.25) is 0 Å². The average molecular weight is 393 g/mol. The van der Waals surface area contributed by atoms with Gasteiger partial charge in [-0.15, -0.1) is 0 Å². The summed E-state index contributed by atoms with van der Waals surface area (Å²) in [7, 11) is 0. The Kier molecular flexibility index (Phi) is 4.24. The van der Waals surface area contributed by atoms with Crippen LogP contribution in [0.4, 0.5) is 16.2 Å². The summed E-state index contributed by atoms with van der Waals surface area (Å²) in [6.07, 6.45) is 5.81. The molecule has 3 heterocycles. The van der Waals surface area contributed by atoms with E-state index in [0.717, 1.165) is 22.5 Å². The fraction of sp³-hybridized carbons (Fsp3) is 0.429. The molecule has 1 aromatic carbocycles. The van der Waals surface area contributed by atoms with Gasteiger partial charge in [0.05, 0.1) is 30.0 Å². The highest BCUT2D eigenvalue weighted by molar-refractivity contribution is 5.99. The van der Waals surface area contributed by atoms with Gasteiger partial charge in [0.25, 0.3) is 0 Å². The second kappa shape index (κ2) is 6.81. The minimum Gasteiger partial charge on any atom is -0.381 e. The third kappa shape index (κ3) is 3.04. The van der Waals surface area contributed by atoms with Crippen LogP contribution in [-0.2, 0) is 21.5 Å². The molecule has 8 nitrogen and oxygen atoms in total. The lowest BCUT2D eigenvalue weighted by Gasteiger charge is -2.50. The number of nitrogens with one attached hydrogen (secondary N) is 2. The first-order valence-electron chi connectivity index (χ1n) is 9.96. The molecule has 3 amide bonds. The largest absolute Gasteiger partial charge is 0.381 e. The van der Waals surface area contributed by atoms with E-state index in [2.05, 4.69) is 20.6 Å². The number of rotatable bonds is 3. The lowest BCUT2D eigenvalue weighted by Crippen LogP contribution is -2.66. The number of imide groups is 1. The fourth-order valence-corrected chi connectivity index (χ4v) is 4.59. The Morgan fingerprint density at radius 2 is 1.93 bits per heavy atom. The number of carbonyl (C=O) groups is 2. The van der Waals surface area contributed by atoms with Crippen molar-refractivity contribution in [3.8, 4) is 0 Å². The van der Waals surface area contributed by atoms with E-state index in [1.54, 1.807) is 12.4 Å². The summed E-state index contributed by atoms with van der Waals surface area (Å²) in [6.45, 7) is 3.02. The number of aromatic nitrogens is 2. The number of fused-ring (bicyclic) bond motifs is 2. The average Bonchev–Trinajstić information content (AvgIpc) is 2.70. The maximum Gasteiger partial charge on any atom is 0.325 e. The van der Waals surface area contributed by atoms with E-state index >= 15 is 0 Å². The van der Waals surface area contributed by atoms with E-state index < -0.39 is 5.54 Å². The number of benzene rings is 1. The van der Waals surface area contributed by atoms with Crippen molar-refractivity contribution in [2.75, 3.05) is 18.5 Å². The van der Waals surface area contributed by atoms with Crippen LogP contribution in [0.1, 0.15) is 36.2 Å². The zero-order valence-electron chi connectivity index (χ0n) is 16.3. The van der Waals surface area contributed by atoms with Gasteiger partial charge in [-0.2, -0.15) is 0 Å². The van der Waals surface area contributed by atoms with Crippen molar-refractivity contribution in [3.05, 3.63) is 47.5 Å². The number of ether oxygens (including phenoxy) is 1. The van der Waals surface area contributed by atoms with E-state index in [1.165, 1.54) is 4.90 Å². The molecule has 0 saturated carbocycles. The Bertz CT molecular complexity index is 951. The molecular weight excluding hydrogens is 370 g/mol. The molecule has 2 aliphatic heterocycles. The molecule has 1 aliphatic carbocycles. The van der Waals surface area contributed by atoms with Crippen LogP contribution in [0.15, 0.2) is 30.6 Å². The fourth-order valence-electron chi connectivity index (χ4n) is 4.59. The number of hydrogen-bond donors (Lipinski definition) is 2. The van der Waals surface area contributed by atoms with Gasteiger partial charge in [0.1, 0.15) is 5.82 Å². The lowest BCUT2D eigenvalue weighted by molar-refractivity contribution is -0.136. The molecule has 150 valence electrons. The van der Waals surface area contributed by atoms with Crippen molar-refractivity contribution in [3.63, 3.8) is 0 Å². The zero-order valence-corrected chi connectivity index (χ0v) is 16.3. The van der Waals surface area contributed by atoms with Crippen LogP contribution in [-0.4, -0.2) is 46.1 Å². The van der Waals surface area contributed by atoms with E-state index in [1.807, 2.05) is 25.1 Å². The number of amides is 3. The Balaban J connectivity index is 1.37. The molecule has 1 spiro atoms. The molecule has 8 heteroatoms. The van der Waals surface area contributed by atoms with Gasteiger partial charge in [0, 0.05) is 31.4 Å². The van der Waals surface area contributed by atoms with Gasteiger partial charge in [-0.05, 0) is 37.0 Å². The highest BCUT2D eigenvalue weighted by atomic mass is 16.5. The molecule has 1 aromatic heterocycles. The molecule has 0 unspecified atom stereocenters. The third-order valence-electron chi connectivity index (χ3n) is 6.07. The Morgan fingerprint density at radius 1 is 1.17 bits per heavy atom. The van der Waals surface area contributed by atoms with E-state index in [9.17, 15) is 9.59 Å². The molecule has 1 atom stereocenters.